The lowest BCUT2D eigenvalue weighted by atomic mass is 10.3. The highest BCUT2D eigenvalue weighted by Gasteiger charge is 2.16. The van der Waals surface area contributed by atoms with Crippen molar-refractivity contribution in [3.8, 4) is 0 Å². The third-order valence-electron chi connectivity index (χ3n) is 2.32. The molecule has 0 amide bonds. The minimum absolute atomic E-state index is 0.0172. The average Bonchev–Trinajstić information content (AvgIpc) is 2.36. The summed E-state index contributed by atoms with van der Waals surface area (Å²) in [4.78, 5) is 9.84. The summed E-state index contributed by atoms with van der Waals surface area (Å²) in [6.45, 7) is 1.86. The highest BCUT2D eigenvalue weighted by atomic mass is 32.2. The molecule has 8 heteroatoms. The summed E-state index contributed by atoms with van der Waals surface area (Å²) >= 11 is 0. The Hall–Kier alpha value is -1.51. The molecule has 1 unspecified atom stereocenters. The fourth-order valence-electron chi connectivity index (χ4n) is 1.14. The summed E-state index contributed by atoms with van der Waals surface area (Å²) in [6, 6.07) is 4.68. The predicted molar refractivity (Wildman–Crippen MR) is 64.8 cm³/mol. The number of nitrogens with zero attached hydrogens (tertiary/aromatic N) is 1. The Balaban J connectivity index is 2.82. The van der Waals surface area contributed by atoms with E-state index in [9.17, 15) is 18.5 Å². The molecule has 0 spiro atoms. The van der Waals surface area contributed by atoms with E-state index in [0.717, 1.165) is 12.1 Å². The molecule has 0 aliphatic carbocycles. The molecular formula is C10H14N2O5S. The number of nitrogens with one attached hydrogen (secondary N) is 1. The maximum Gasteiger partial charge on any atom is 0.269 e. The van der Waals surface area contributed by atoms with Gasteiger partial charge >= 0.3 is 0 Å². The van der Waals surface area contributed by atoms with E-state index in [0.29, 0.717) is 0 Å². The molecule has 1 N–H and O–H groups in total. The van der Waals surface area contributed by atoms with Crippen LogP contribution in [0.2, 0.25) is 0 Å². The Bertz CT molecular complexity index is 512. The molecule has 7 nitrogen and oxygen atoms in total. The van der Waals surface area contributed by atoms with Crippen LogP contribution in [-0.4, -0.2) is 33.1 Å². The van der Waals surface area contributed by atoms with Crippen molar-refractivity contribution >= 4 is 15.7 Å². The first-order valence-corrected chi connectivity index (χ1v) is 6.62. The highest BCUT2D eigenvalue weighted by molar-refractivity contribution is 7.89. The molecule has 0 saturated heterocycles. The lowest BCUT2D eigenvalue weighted by Crippen LogP contribution is -2.31. The number of hydrogen-bond acceptors (Lipinski definition) is 5. The monoisotopic (exact) mass is 274 g/mol. The van der Waals surface area contributed by atoms with Gasteiger partial charge in [0.05, 0.1) is 15.9 Å². The molecule has 0 bridgehead atoms. The largest absolute Gasteiger partial charge is 0.380 e. The molecule has 0 fully saturated rings. The van der Waals surface area contributed by atoms with Gasteiger partial charge in [0.2, 0.25) is 10.0 Å². The zero-order chi connectivity index (χ0) is 13.8. The van der Waals surface area contributed by atoms with Crippen molar-refractivity contribution in [2.75, 3.05) is 13.7 Å². The fraction of sp³-hybridized carbons (Fsp3) is 0.400. The van der Waals surface area contributed by atoms with Crippen LogP contribution in [0.5, 0.6) is 0 Å². The quantitative estimate of drug-likeness (QED) is 0.614. The minimum Gasteiger partial charge on any atom is -0.380 e. The van der Waals surface area contributed by atoms with Crippen LogP contribution >= 0.6 is 0 Å². The minimum atomic E-state index is -3.66. The van der Waals surface area contributed by atoms with Gasteiger partial charge in [0, 0.05) is 25.8 Å². The molecule has 18 heavy (non-hydrogen) atoms. The van der Waals surface area contributed by atoms with Gasteiger partial charge in [-0.15, -0.1) is 0 Å². The average molecular weight is 274 g/mol. The van der Waals surface area contributed by atoms with Crippen molar-refractivity contribution in [3.05, 3.63) is 34.4 Å². The van der Waals surface area contributed by atoms with Crippen molar-refractivity contribution in [2.45, 2.75) is 17.9 Å². The van der Waals surface area contributed by atoms with Crippen molar-refractivity contribution in [1.29, 1.82) is 0 Å². The van der Waals surface area contributed by atoms with Crippen LogP contribution in [0.1, 0.15) is 6.92 Å². The second-order valence-corrected chi connectivity index (χ2v) is 5.42. The van der Waals surface area contributed by atoms with Crippen LogP contribution in [0.3, 0.4) is 0 Å². The van der Waals surface area contributed by atoms with Crippen LogP contribution < -0.4 is 4.72 Å². The smallest absolute Gasteiger partial charge is 0.269 e. The van der Waals surface area contributed by atoms with E-state index in [2.05, 4.69) is 4.72 Å². The number of hydrogen-bond donors (Lipinski definition) is 1. The zero-order valence-corrected chi connectivity index (χ0v) is 10.8. The van der Waals surface area contributed by atoms with Crippen LogP contribution in [0.4, 0.5) is 5.69 Å². The van der Waals surface area contributed by atoms with Crippen molar-refractivity contribution in [1.82, 2.24) is 4.72 Å². The molecule has 100 valence electrons. The van der Waals surface area contributed by atoms with E-state index in [1.807, 2.05) is 0 Å². The van der Waals surface area contributed by atoms with Gasteiger partial charge in [-0.25, -0.2) is 13.1 Å². The normalized spacial score (nSPS) is 13.2. The number of benzene rings is 1. The van der Waals surface area contributed by atoms with Gasteiger partial charge in [-0.1, -0.05) is 0 Å². The Morgan fingerprint density at radius 2 is 1.94 bits per heavy atom. The topological polar surface area (TPSA) is 98.5 Å². The summed E-state index contributed by atoms with van der Waals surface area (Å²) in [7, 11) is -2.18. The zero-order valence-electron chi connectivity index (χ0n) is 9.99. The van der Waals surface area contributed by atoms with E-state index in [1.54, 1.807) is 6.92 Å². The molecular weight excluding hydrogens is 260 g/mol. The van der Waals surface area contributed by atoms with E-state index in [-0.39, 0.29) is 23.2 Å². The lowest BCUT2D eigenvalue weighted by molar-refractivity contribution is -0.384. The molecule has 0 heterocycles. The van der Waals surface area contributed by atoms with Gasteiger partial charge < -0.3 is 4.74 Å². The van der Waals surface area contributed by atoms with Gasteiger partial charge in [-0.05, 0) is 19.1 Å². The molecule has 0 radical (unpaired) electrons. The van der Waals surface area contributed by atoms with Crippen LogP contribution in [0, 0.1) is 10.1 Å². The molecule has 0 aliphatic rings. The summed E-state index contributed by atoms with van der Waals surface area (Å²) in [5, 5.41) is 10.4. The molecule has 1 aromatic rings. The first-order valence-electron chi connectivity index (χ1n) is 5.13. The summed E-state index contributed by atoms with van der Waals surface area (Å²) in [6.07, 6.45) is -0.252. The van der Waals surface area contributed by atoms with Crippen LogP contribution in [0.15, 0.2) is 29.2 Å². The van der Waals surface area contributed by atoms with Crippen molar-refractivity contribution < 1.29 is 18.1 Å². The summed E-state index contributed by atoms with van der Waals surface area (Å²) in [5.41, 5.74) is -0.154. The van der Waals surface area contributed by atoms with Crippen LogP contribution in [0.25, 0.3) is 0 Å². The standard InChI is InChI=1S/C10H14N2O5S/c1-8(17-2)7-11-18(15,16)10-5-3-9(4-6-10)12(13)14/h3-6,8,11H,7H2,1-2H3. The molecule has 0 aromatic heterocycles. The van der Waals surface area contributed by atoms with Gasteiger partial charge in [0.25, 0.3) is 5.69 Å². The van der Waals surface area contributed by atoms with Crippen LogP contribution in [-0.2, 0) is 14.8 Å². The Labute approximate surface area is 105 Å². The number of nitro groups is 1. The van der Waals surface area contributed by atoms with Gasteiger partial charge in [0.15, 0.2) is 0 Å². The maximum atomic E-state index is 11.8. The molecule has 0 saturated carbocycles. The fourth-order valence-corrected chi connectivity index (χ4v) is 2.26. The SMILES string of the molecule is COC(C)CNS(=O)(=O)c1ccc([N+](=O)[O-])cc1. The van der Waals surface area contributed by atoms with Crippen molar-refractivity contribution in [3.63, 3.8) is 0 Å². The Kier molecular flexibility index (Phi) is 4.76. The van der Waals surface area contributed by atoms with E-state index in [4.69, 9.17) is 4.74 Å². The molecule has 0 aliphatic heterocycles. The number of ether oxygens (including phenoxy) is 1. The number of non-ortho nitro benzene ring substituents is 1. The first kappa shape index (κ1) is 14.6. The third kappa shape index (κ3) is 3.76. The number of sulfonamides is 1. The number of nitro benzene ring substituents is 1. The van der Waals surface area contributed by atoms with Gasteiger partial charge in [0.1, 0.15) is 0 Å². The highest BCUT2D eigenvalue weighted by Crippen LogP contribution is 2.15. The molecule has 1 aromatic carbocycles. The van der Waals surface area contributed by atoms with E-state index >= 15 is 0 Å². The number of methoxy groups -OCH3 is 1. The summed E-state index contributed by atoms with van der Waals surface area (Å²) in [5.74, 6) is 0. The number of rotatable bonds is 6. The Morgan fingerprint density at radius 3 is 2.39 bits per heavy atom. The van der Waals surface area contributed by atoms with Gasteiger partial charge in [-0.2, -0.15) is 0 Å². The lowest BCUT2D eigenvalue weighted by Gasteiger charge is -2.11. The van der Waals surface area contributed by atoms with Gasteiger partial charge in [-0.3, -0.25) is 10.1 Å². The maximum absolute atomic E-state index is 11.8. The summed E-state index contributed by atoms with van der Waals surface area (Å²) < 4.78 is 30.9. The second-order valence-electron chi connectivity index (χ2n) is 3.65. The molecule has 1 rings (SSSR count). The van der Waals surface area contributed by atoms with E-state index < -0.39 is 14.9 Å². The van der Waals surface area contributed by atoms with E-state index in [1.165, 1.54) is 19.2 Å². The molecule has 1 atom stereocenters. The second kappa shape index (κ2) is 5.89. The Morgan fingerprint density at radius 1 is 1.39 bits per heavy atom. The van der Waals surface area contributed by atoms with Crippen molar-refractivity contribution in [2.24, 2.45) is 0 Å². The first-order chi connectivity index (χ1) is 8.36. The third-order valence-corrected chi connectivity index (χ3v) is 3.76. The predicted octanol–water partition coefficient (Wildman–Crippen LogP) is 0.908.